The predicted octanol–water partition coefficient (Wildman–Crippen LogP) is 2.04. The number of amides is 1. The molecule has 2 fully saturated rings. The zero-order valence-electron chi connectivity index (χ0n) is 15.0. The number of carboxylic acids is 1. The first-order valence-corrected chi connectivity index (χ1v) is 8.24. The van der Waals surface area contributed by atoms with Crippen LogP contribution >= 0.6 is 0 Å². The Hall–Kier alpha value is -2.20. The molecule has 2 aliphatic rings. The number of aromatic nitrogens is 1. The second-order valence-corrected chi connectivity index (χ2v) is 6.60. The molecule has 0 aromatic carbocycles. The first kappa shape index (κ1) is 21.1. The SMILES string of the molecule is COC1CCOC2(C1)CN(C(=O)c1cncc(C)c1)C2.O=C(O)C(F)(F)F. The molecule has 150 valence electrons. The summed E-state index contributed by atoms with van der Waals surface area (Å²) in [6, 6.07) is 1.88. The number of carbonyl (C=O) groups excluding carboxylic acids is 1. The second-order valence-electron chi connectivity index (χ2n) is 6.60. The van der Waals surface area contributed by atoms with E-state index in [1.54, 1.807) is 19.5 Å². The van der Waals surface area contributed by atoms with Crippen molar-refractivity contribution >= 4 is 11.9 Å². The van der Waals surface area contributed by atoms with Crippen LogP contribution in [0.1, 0.15) is 28.8 Å². The first-order valence-electron chi connectivity index (χ1n) is 8.24. The Morgan fingerprint density at radius 3 is 2.52 bits per heavy atom. The number of alkyl halides is 3. The number of nitrogens with zero attached hydrogens (tertiary/aromatic N) is 2. The van der Waals surface area contributed by atoms with Crippen molar-refractivity contribution in [3.63, 3.8) is 0 Å². The summed E-state index contributed by atoms with van der Waals surface area (Å²) < 4.78 is 43.0. The molecule has 1 unspecified atom stereocenters. The smallest absolute Gasteiger partial charge is 0.475 e. The topological polar surface area (TPSA) is 89.0 Å². The van der Waals surface area contributed by atoms with Gasteiger partial charge in [0.05, 0.1) is 24.8 Å². The lowest BCUT2D eigenvalue weighted by atomic mass is 9.84. The lowest BCUT2D eigenvalue weighted by Crippen LogP contribution is -2.67. The number of ether oxygens (including phenoxy) is 2. The number of aryl methyl sites for hydroxylation is 1. The Morgan fingerprint density at radius 2 is 2.00 bits per heavy atom. The largest absolute Gasteiger partial charge is 0.490 e. The van der Waals surface area contributed by atoms with Gasteiger partial charge in [-0.3, -0.25) is 9.78 Å². The van der Waals surface area contributed by atoms with E-state index >= 15 is 0 Å². The second kappa shape index (κ2) is 8.22. The van der Waals surface area contributed by atoms with E-state index in [0.717, 1.165) is 18.4 Å². The van der Waals surface area contributed by atoms with Crippen LogP contribution in [0.25, 0.3) is 0 Å². The van der Waals surface area contributed by atoms with Crippen LogP contribution in [0.5, 0.6) is 0 Å². The van der Waals surface area contributed by atoms with Crippen molar-refractivity contribution in [1.29, 1.82) is 0 Å². The van der Waals surface area contributed by atoms with Gasteiger partial charge in [-0.25, -0.2) is 4.79 Å². The van der Waals surface area contributed by atoms with E-state index in [-0.39, 0.29) is 17.6 Å². The number of halogens is 3. The van der Waals surface area contributed by atoms with Gasteiger partial charge in [-0.1, -0.05) is 0 Å². The van der Waals surface area contributed by atoms with Crippen molar-refractivity contribution in [1.82, 2.24) is 9.88 Å². The summed E-state index contributed by atoms with van der Waals surface area (Å²) in [4.78, 5) is 27.2. The lowest BCUT2D eigenvalue weighted by molar-refractivity contribution is -0.192. The van der Waals surface area contributed by atoms with E-state index in [1.165, 1.54) is 0 Å². The van der Waals surface area contributed by atoms with Crippen LogP contribution < -0.4 is 0 Å². The zero-order chi connectivity index (χ0) is 20.2. The highest BCUT2D eigenvalue weighted by Gasteiger charge is 2.49. The van der Waals surface area contributed by atoms with Crippen LogP contribution in [0.2, 0.25) is 0 Å². The van der Waals surface area contributed by atoms with Gasteiger partial charge in [-0.05, 0) is 25.0 Å². The number of hydrogen-bond acceptors (Lipinski definition) is 5. The fourth-order valence-electron chi connectivity index (χ4n) is 3.05. The maximum Gasteiger partial charge on any atom is 0.490 e. The van der Waals surface area contributed by atoms with E-state index in [1.807, 2.05) is 17.9 Å². The molecular formula is C17H21F3N2O5. The first-order chi connectivity index (χ1) is 12.6. The van der Waals surface area contributed by atoms with Crippen LogP contribution in [0, 0.1) is 6.92 Å². The number of likely N-dealkylation sites (tertiary alicyclic amines) is 1. The fraction of sp³-hybridized carbons (Fsp3) is 0.588. The molecule has 27 heavy (non-hydrogen) atoms. The molecule has 3 rings (SSSR count). The van der Waals surface area contributed by atoms with Gasteiger partial charge in [0.1, 0.15) is 5.60 Å². The molecule has 2 aliphatic heterocycles. The highest BCUT2D eigenvalue weighted by molar-refractivity contribution is 5.94. The monoisotopic (exact) mass is 390 g/mol. The van der Waals surface area contributed by atoms with E-state index in [2.05, 4.69) is 4.98 Å². The van der Waals surface area contributed by atoms with Crippen molar-refractivity contribution in [2.75, 3.05) is 26.8 Å². The number of rotatable bonds is 2. The third-order valence-corrected chi connectivity index (χ3v) is 4.39. The summed E-state index contributed by atoms with van der Waals surface area (Å²) >= 11 is 0. The van der Waals surface area contributed by atoms with Gasteiger partial charge in [-0.2, -0.15) is 13.2 Å². The minimum absolute atomic E-state index is 0.0370. The van der Waals surface area contributed by atoms with Crippen LogP contribution in [0.15, 0.2) is 18.5 Å². The molecule has 3 heterocycles. The summed E-state index contributed by atoms with van der Waals surface area (Å²) in [5, 5.41) is 7.12. The predicted molar refractivity (Wildman–Crippen MR) is 87.3 cm³/mol. The number of methoxy groups -OCH3 is 1. The summed E-state index contributed by atoms with van der Waals surface area (Å²) in [5.41, 5.74) is 1.46. The van der Waals surface area contributed by atoms with E-state index in [0.29, 0.717) is 25.3 Å². The molecule has 1 aromatic rings. The van der Waals surface area contributed by atoms with Gasteiger partial charge in [-0.15, -0.1) is 0 Å². The molecule has 10 heteroatoms. The Kier molecular flexibility index (Phi) is 6.42. The zero-order valence-corrected chi connectivity index (χ0v) is 15.0. The normalized spacial score (nSPS) is 21.1. The summed E-state index contributed by atoms with van der Waals surface area (Å²) in [6.07, 6.45) is 0.358. The molecule has 0 saturated carbocycles. The molecule has 0 aliphatic carbocycles. The summed E-state index contributed by atoms with van der Waals surface area (Å²) in [6.45, 7) is 3.96. The molecule has 1 aromatic heterocycles. The number of pyridine rings is 1. The Balaban J connectivity index is 0.000000321. The van der Waals surface area contributed by atoms with Crippen LogP contribution in [0.4, 0.5) is 13.2 Å². The number of carbonyl (C=O) groups is 2. The van der Waals surface area contributed by atoms with Gasteiger partial charge in [0.25, 0.3) is 5.91 Å². The Morgan fingerprint density at radius 1 is 1.37 bits per heavy atom. The highest BCUT2D eigenvalue weighted by atomic mass is 19.4. The molecule has 2 saturated heterocycles. The van der Waals surface area contributed by atoms with E-state index < -0.39 is 12.1 Å². The number of aliphatic carboxylic acids is 1. The van der Waals surface area contributed by atoms with Gasteiger partial charge in [0, 0.05) is 32.5 Å². The molecule has 0 bridgehead atoms. The van der Waals surface area contributed by atoms with Crippen molar-refractivity contribution in [3.05, 3.63) is 29.6 Å². The average Bonchev–Trinajstić information content (AvgIpc) is 2.58. The van der Waals surface area contributed by atoms with Crippen LogP contribution in [-0.4, -0.2) is 71.6 Å². The standard InChI is InChI=1S/C15H20N2O3.C2HF3O2/c1-11-5-12(8-16-7-11)14(18)17-9-15(10-17)6-13(19-2)3-4-20-15;3-2(4,5)1(6)7/h5,7-8,13H,3-4,6,9-10H2,1-2H3;(H,6,7). The van der Waals surface area contributed by atoms with Crippen molar-refractivity contribution in [3.8, 4) is 0 Å². The minimum Gasteiger partial charge on any atom is -0.475 e. The van der Waals surface area contributed by atoms with Gasteiger partial charge < -0.3 is 19.5 Å². The molecular weight excluding hydrogens is 369 g/mol. The van der Waals surface area contributed by atoms with E-state index in [4.69, 9.17) is 19.4 Å². The Bertz CT molecular complexity index is 689. The quantitative estimate of drug-likeness (QED) is 0.832. The van der Waals surface area contributed by atoms with Crippen LogP contribution in [0.3, 0.4) is 0 Å². The molecule has 7 nitrogen and oxygen atoms in total. The van der Waals surface area contributed by atoms with E-state index in [9.17, 15) is 18.0 Å². The number of hydrogen-bond donors (Lipinski definition) is 1. The molecule has 1 amide bonds. The van der Waals surface area contributed by atoms with Gasteiger partial charge in [0.15, 0.2) is 0 Å². The van der Waals surface area contributed by atoms with Gasteiger partial charge >= 0.3 is 12.1 Å². The van der Waals surface area contributed by atoms with Crippen LogP contribution in [-0.2, 0) is 14.3 Å². The maximum absolute atomic E-state index is 12.4. The third kappa shape index (κ3) is 5.39. The van der Waals surface area contributed by atoms with Crippen molar-refractivity contribution in [2.45, 2.75) is 37.6 Å². The summed E-state index contributed by atoms with van der Waals surface area (Å²) in [7, 11) is 1.74. The number of carboxylic acid groups (broad SMARTS) is 1. The average molecular weight is 390 g/mol. The summed E-state index contributed by atoms with van der Waals surface area (Å²) in [5.74, 6) is -2.72. The maximum atomic E-state index is 12.4. The lowest BCUT2D eigenvalue weighted by Gasteiger charge is -2.52. The third-order valence-electron chi connectivity index (χ3n) is 4.39. The molecule has 1 atom stereocenters. The molecule has 1 N–H and O–H groups in total. The minimum atomic E-state index is -5.08. The highest BCUT2D eigenvalue weighted by Crippen LogP contribution is 2.35. The van der Waals surface area contributed by atoms with Crippen molar-refractivity contribution < 1.29 is 37.3 Å². The fourth-order valence-corrected chi connectivity index (χ4v) is 3.05. The van der Waals surface area contributed by atoms with Gasteiger partial charge in [0.2, 0.25) is 0 Å². The molecule has 0 radical (unpaired) electrons. The molecule has 1 spiro atoms. The Labute approximate surface area is 154 Å². The van der Waals surface area contributed by atoms with Crippen molar-refractivity contribution in [2.24, 2.45) is 0 Å².